The highest BCUT2D eigenvalue weighted by molar-refractivity contribution is 5.87. The van der Waals surface area contributed by atoms with Crippen LogP contribution in [-0.4, -0.2) is 182 Å². The van der Waals surface area contributed by atoms with Gasteiger partial charge in [0.05, 0.1) is 39.0 Å². The molecule has 81 heavy (non-hydrogen) atoms. The molecule has 0 aromatic carbocycles. The Bertz CT molecular complexity index is 1790. The molecule has 0 aliphatic rings. The number of unbranched alkanes of at least 4 members (excludes halogenated alkanes) is 14. The van der Waals surface area contributed by atoms with Gasteiger partial charge in [-0.2, -0.15) is 0 Å². The number of hydrogen-bond acceptors (Lipinski definition) is 16. The molecule has 0 unspecified atom stereocenters. The molecule has 25 heteroatoms. The fourth-order valence-corrected chi connectivity index (χ4v) is 8.00. The number of aliphatic carboxylic acids is 5. The number of carboxylic acid groups (broad SMARTS) is 5. The minimum Gasteiger partial charge on any atom is -0.481 e. The summed E-state index contributed by atoms with van der Waals surface area (Å²) in [5.41, 5.74) is 0. The van der Waals surface area contributed by atoms with Crippen molar-refractivity contribution < 1.29 is 97.2 Å². The molecule has 0 aliphatic carbocycles. The number of carbonyl (C=O) groups excluding carboxylic acids is 6. The molecule has 0 saturated carbocycles. The van der Waals surface area contributed by atoms with Crippen molar-refractivity contribution in [2.24, 2.45) is 5.92 Å². The Morgan fingerprint density at radius 2 is 0.889 bits per heavy atom. The molecule has 0 saturated heterocycles. The number of nitrogens with one attached hydrogen (secondary N) is 5. The minimum absolute atomic E-state index is 0.0224. The lowest BCUT2D eigenvalue weighted by molar-refractivity contribution is -0.145. The number of rotatable bonds is 56. The van der Waals surface area contributed by atoms with Crippen molar-refractivity contribution in [3.8, 4) is 0 Å². The summed E-state index contributed by atoms with van der Waals surface area (Å²) in [6.45, 7) is 3.87. The highest BCUT2D eigenvalue weighted by Crippen LogP contribution is 2.17. The first-order valence-electron chi connectivity index (χ1n) is 29.0. The molecule has 0 aromatic rings. The summed E-state index contributed by atoms with van der Waals surface area (Å²) in [4.78, 5) is 128. The van der Waals surface area contributed by atoms with Gasteiger partial charge in [-0.15, -0.1) is 0 Å². The van der Waals surface area contributed by atoms with E-state index in [0.717, 1.165) is 44.9 Å². The number of likely N-dealkylation sites (N-methyl/N-ethyl adjacent to an activating group) is 1. The van der Waals surface area contributed by atoms with E-state index in [1.54, 1.807) is 21.1 Å². The molecule has 0 bridgehead atoms. The number of amides is 4. The van der Waals surface area contributed by atoms with Gasteiger partial charge in [-0.1, -0.05) is 84.0 Å². The standard InChI is InChI=1S/C29H53NO8.C27H46N4O12/c1-37-23-24-38-22-16-17-25(31)20-21-26(29(35)36)30-27(32)18-14-12-10-8-6-4-2-3-5-7-9-11-13-15-19-28(33)34;1-3-22(33)30-12-13-42-14-15-43-17-24(35)31-21(27(40)41)9-8-19(32)16-18(25(36)37)7-10-23(34)29-11-5-4-6-20(28-2)26(38)39/h26H,2-24H2,1H3,(H,30,32)(H,33,34)(H,35,36);18,20-21,28H,3-17H2,1-2H3,(H,29,34)(H,30,33)(H,31,35)(H,36,37)(H,38,39)(H,40,41)/t26-;18-,20+,21+/m01/s1. The largest absolute Gasteiger partial charge is 0.481 e. The van der Waals surface area contributed by atoms with E-state index >= 15 is 0 Å². The van der Waals surface area contributed by atoms with Crippen molar-refractivity contribution in [1.82, 2.24) is 26.6 Å². The summed E-state index contributed by atoms with van der Waals surface area (Å²) in [5.74, 6) is -8.55. The maximum atomic E-state index is 12.4. The zero-order chi connectivity index (χ0) is 60.9. The first-order chi connectivity index (χ1) is 38.8. The molecule has 0 aliphatic heterocycles. The Hall–Kier alpha value is -5.63. The van der Waals surface area contributed by atoms with E-state index in [2.05, 4.69) is 26.6 Å². The molecule has 4 amide bonds. The lowest BCUT2D eigenvalue weighted by Gasteiger charge is -2.15. The molecule has 4 atom stereocenters. The van der Waals surface area contributed by atoms with Crippen molar-refractivity contribution in [3.05, 3.63) is 0 Å². The Morgan fingerprint density at radius 1 is 0.395 bits per heavy atom. The Kier molecular flexibility index (Phi) is 51.3. The van der Waals surface area contributed by atoms with Gasteiger partial charge in [0.1, 0.15) is 36.3 Å². The fourth-order valence-electron chi connectivity index (χ4n) is 8.00. The summed E-state index contributed by atoms with van der Waals surface area (Å²) in [6, 6.07) is -3.08. The average molecular weight is 1160 g/mol. The van der Waals surface area contributed by atoms with Crippen LogP contribution in [0.2, 0.25) is 0 Å². The third kappa shape index (κ3) is 51.0. The molecular weight excluding hydrogens is 1060 g/mol. The van der Waals surface area contributed by atoms with Crippen molar-refractivity contribution >= 4 is 65.0 Å². The van der Waals surface area contributed by atoms with Crippen LogP contribution in [0.1, 0.15) is 193 Å². The van der Waals surface area contributed by atoms with Crippen LogP contribution in [0.3, 0.4) is 0 Å². The van der Waals surface area contributed by atoms with Gasteiger partial charge in [0.25, 0.3) is 0 Å². The van der Waals surface area contributed by atoms with Gasteiger partial charge in [0, 0.05) is 78.2 Å². The average Bonchev–Trinajstić information content (AvgIpc) is 3.41. The Labute approximate surface area is 478 Å². The topological polar surface area (TPSA) is 386 Å². The molecule has 0 radical (unpaired) electrons. The van der Waals surface area contributed by atoms with Crippen LogP contribution in [0, 0.1) is 5.92 Å². The van der Waals surface area contributed by atoms with Crippen LogP contribution in [0.4, 0.5) is 0 Å². The van der Waals surface area contributed by atoms with Crippen LogP contribution in [0.25, 0.3) is 0 Å². The molecule has 468 valence electrons. The van der Waals surface area contributed by atoms with Crippen molar-refractivity contribution in [3.63, 3.8) is 0 Å². The highest BCUT2D eigenvalue weighted by atomic mass is 16.5. The summed E-state index contributed by atoms with van der Waals surface area (Å²) in [7, 11) is 3.14. The first-order valence-corrected chi connectivity index (χ1v) is 29.0. The van der Waals surface area contributed by atoms with Crippen LogP contribution in [0.5, 0.6) is 0 Å². The van der Waals surface area contributed by atoms with E-state index in [-0.39, 0.29) is 82.4 Å². The minimum atomic E-state index is -1.38. The van der Waals surface area contributed by atoms with Gasteiger partial charge >= 0.3 is 29.8 Å². The normalized spacial score (nSPS) is 12.4. The predicted molar refractivity (Wildman–Crippen MR) is 298 cm³/mol. The molecule has 0 heterocycles. The summed E-state index contributed by atoms with van der Waals surface area (Å²) in [6.07, 6.45) is 18.0. The molecule has 0 spiro atoms. The van der Waals surface area contributed by atoms with Crippen LogP contribution in [-0.2, 0) is 71.7 Å². The van der Waals surface area contributed by atoms with Gasteiger partial charge in [0.15, 0.2) is 0 Å². The van der Waals surface area contributed by atoms with E-state index in [4.69, 9.17) is 29.2 Å². The number of Topliss-reactive ketones (excluding diaryl/α,β-unsaturated/α-hetero) is 2. The van der Waals surface area contributed by atoms with E-state index in [1.165, 1.54) is 44.9 Å². The second-order valence-corrected chi connectivity index (χ2v) is 19.8. The summed E-state index contributed by atoms with van der Waals surface area (Å²) < 4.78 is 20.5. The van der Waals surface area contributed by atoms with Gasteiger partial charge in [-0.05, 0) is 64.8 Å². The first kappa shape index (κ1) is 77.4. The Morgan fingerprint density at radius 3 is 1.41 bits per heavy atom. The van der Waals surface area contributed by atoms with Crippen LogP contribution in [0.15, 0.2) is 0 Å². The molecule has 0 fully saturated rings. The maximum Gasteiger partial charge on any atom is 0.326 e. The molecule has 0 aromatic heterocycles. The van der Waals surface area contributed by atoms with Gasteiger partial charge in [-0.3, -0.25) is 43.2 Å². The van der Waals surface area contributed by atoms with Crippen molar-refractivity contribution in [2.45, 2.75) is 211 Å². The van der Waals surface area contributed by atoms with Crippen molar-refractivity contribution in [1.29, 1.82) is 0 Å². The van der Waals surface area contributed by atoms with E-state index in [0.29, 0.717) is 77.9 Å². The number of hydrogen-bond donors (Lipinski definition) is 10. The zero-order valence-corrected chi connectivity index (χ0v) is 48.5. The smallest absolute Gasteiger partial charge is 0.326 e. The Balaban J connectivity index is 0. The van der Waals surface area contributed by atoms with Gasteiger partial charge in [-0.25, -0.2) is 9.59 Å². The second kappa shape index (κ2) is 53.7. The van der Waals surface area contributed by atoms with Gasteiger partial charge < -0.3 is 71.1 Å². The van der Waals surface area contributed by atoms with Crippen LogP contribution >= 0.6 is 0 Å². The zero-order valence-electron chi connectivity index (χ0n) is 48.5. The summed E-state index contributed by atoms with van der Waals surface area (Å²) in [5, 5.41) is 58.6. The summed E-state index contributed by atoms with van der Waals surface area (Å²) >= 11 is 0. The number of methoxy groups -OCH3 is 1. The number of ketones is 2. The number of carbonyl (C=O) groups is 11. The molecule has 0 rings (SSSR count). The SMILES string of the molecule is CCC(=O)NCCOCCOCC(=O)N[C@@H](CCC(=O)C[C@@H](CCC(=O)NCCCC[C@H](NC)C(=O)O)C(=O)O)C(=O)O.COCCOCCCC(=O)CC[C@H](NC(=O)CCCCCCCCCCCCCCCCC(=O)O)C(=O)O. The molecular formula is C56H99N5O20. The lowest BCUT2D eigenvalue weighted by Crippen LogP contribution is -2.43. The van der Waals surface area contributed by atoms with E-state index < -0.39 is 84.5 Å². The third-order valence-electron chi connectivity index (χ3n) is 12.8. The maximum absolute atomic E-state index is 12.4. The fraction of sp³-hybridized carbons (Fsp3) is 0.804. The van der Waals surface area contributed by atoms with Crippen LogP contribution < -0.4 is 26.6 Å². The molecule has 10 N–H and O–H groups in total. The van der Waals surface area contributed by atoms with Crippen molar-refractivity contribution in [2.75, 3.05) is 73.5 Å². The highest BCUT2D eigenvalue weighted by Gasteiger charge is 2.26. The number of carboxylic acids is 5. The second-order valence-electron chi connectivity index (χ2n) is 19.8. The number of ether oxygens (including phenoxy) is 4. The molecule has 25 nitrogen and oxygen atoms in total. The monoisotopic (exact) mass is 1160 g/mol. The van der Waals surface area contributed by atoms with E-state index in [1.807, 2.05) is 0 Å². The van der Waals surface area contributed by atoms with E-state index in [9.17, 15) is 68.1 Å². The third-order valence-corrected chi connectivity index (χ3v) is 12.8. The van der Waals surface area contributed by atoms with Gasteiger partial charge in [0.2, 0.25) is 23.6 Å². The lowest BCUT2D eigenvalue weighted by atomic mass is 9.94. The quantitative estimate of drug-likeness (QED) is 0.0359. The predicted octanol–water partition coefficient (Wildman–Crippen LogP) is 4.97.